The van der Waals surface area contributed by atoms with Crippen LogP contribution in [0.15, 0.2) is 14.2 Å². The summed E-state index contributed by atoms with van der Waals surface area (Å²) in [7, 11) is 2.77. The topological polar surface area (TPSA) is 86.0 Å². The zero-order chi connectivity index (χ0) is 11.6. The Morgan fingerprint density at radius 1 is 1.53 bits per heavy atom. The zero-order valence-corrected chi connectivity index (χ0v) is 9.74. The van der Waals surface area contributed by atoms with E-state index in [-0.39, 0.29) is 17.1 Å². The van der Waals surface area contributed by atoms with Crippen LogP contribution in [0.4, 0.5) is 0 Å². The molecule has 0 aromatic carbocycles. The summed E-state index contributed by atoms with van der Waals surface area (Å²) < 4.78 is 1.78. The fourth-order valence-corrected chi connectivity index (χ4v) is 1.37. The van der Waals surface area contributed by atoms with Gasteiger partial charge in [0.2, 0.25) is 5.91 Å². The Hall–Kier alpha value is -1.44. The molecule has 0 saturated heterocycles. The number of amides is 1. The lowest BCUT2D eigenvalue weighted by atomic mass is 10.6. The van der Waals surface area contributed by atoms with Gasteiger partial charge in [-0.05, 0) is 15.9 Å². The summed E-state index contributed by atoms with van der Waals surface area (Å²) in [5.41, 5.74) is -1.17. The molecule has 8 heteroatoms. The Kier molecular flexibility index (Phi) is 3.40. The summed E-state index contributed by atoms with van der Waals surface area (Å²) in [6.07, 6.45) is 0. The molecule has 1 N–H and O–H groups in total. The van der Waals surface area contributed by atoms with Gasteiger partial charge in [0.1, 0.15) is 6.54 Å². The first kappa shape index (κ1) is 11.6. The average molecular weight is 277 g/mol. The van der Waals surface area contributed by atoms with E-state index < -0.39 is 11.2 Å². The molecular formula is C7H9BrN4O3. The number of carbonyl (C=O) groups excluding carboxylic acids is 1. The maximum absolute atomic E-state index is 11.5. The number of likely N-dealkylation sites (N-methyl/N-ethyl adjacent to an activating group) is 1. The second-order valence-corrected chi connectivity index (χ2v) is 3.52. The molecule has 82 valence electrons. The molecule has 1 rings (SSSR count). The van der Waals surface area contributed by atoms with E-state index in [1.54, 1.807) is 0 Å². The lowest BCUT2D eigenvalue weighted by molar-refractivity contribution is -0.121. The summed E-state index contributed by atoms with van der Waals surface area (Å²) in [5.74, 6) is -0.366. The summed E-state index contributed by atoms with van der Waals surface area (Å²) in [6, 6.07) is 0. The minimum atomic E-state index is -0.633. The van der Waals surface area contributed by atoms with Gasteiger partial charge in [-0.2, -0.15) is 5.10 Å². The van der Waals surface area contributed by atoms with Crippen molar-refractivity contribution in [1.29, 1.82) is 0 Å². The molecule has 0 radical (unpaired) electrons. The van der Waals surface area contributed by atoms with Crippen LogP contribution < -0.4 is 16.6 Å². The Balaban J connectivity index is 3.27. The van der Waals surface area contributed by atoms with Gasteiger partial charge in [-0.1, -0.05) is 0 Å². The fourth-order valence-electron chi connectivity index (χ4n) is 0.908. The molecule has 0 aliphatic rings. The maximum Gasteiger partial charge on any atom is 0.347 e. The van der Waals surface area contributed by atoms with Gasteiger partial charge in [-0.3, -0.25) is 14.2 Å². The van der Waals surface area contributed by atoms with E-state index in [0.717, 1.165) is 9.25 Å². The molecule has 0 fully saturated rings. The van der Waals surface area contributed by atoms with Gasteiger partial charge in [0, 0.05) is 14.1 Å². The third-order valence-electron chi connectivity index (χ3n) is 1.77. The molecule has 1 aromatic heterocycles. The van der Waals surface area contributed by atoms with Crippen molar-refractivity contribution < 1.29 is 4.79 Å². The Morgan fingerprint density at radius 2 is 2.13 bits per heavy atom. The zero-order valence-electron chi connectivity index (χ0n) is 8.15. The van der Waals surface area contributed by atoms with Crippen LogP contribution in [0.25, 0.3) is 0 Å². The van der Waals surface area contributed by atoms with Gasteiger partial charge in [-0.15, -0.1) is 0 Å². The summed E-state index contributed by atoms with van der Waals surface area (Å²) >= 11 is 2.91. The van der Waals surface area contributed by atoms with E-state index in [1.807, 2.05) is 0 Å². The number of aromatic nitrogens is 3. The average Bonchev–Trinajstić information content (AvgIpc) is 2.22. The van der Waals surface area contributed by atoms with Gasteiger partial charge in [0.05, 0.1) is 0 Å². The summed E-state index contributed by atoms with van der Waals surface area (Å²) in [4.78, 5) is 33.7. The smallest absolute Gasteiger partial charge is 0.347 e. The van der Waals surface area contributed by atoms with E-state index in [2.05, 4.69) is 26.3 Å². The molecule has 0 atom stereocenters. The van der Waals surface area contributed by atoms with Crippen molar-refractivity contribution in [3.05, 3.63) is 25.4 Å². The van der Waals surface area contributed by atoms with Gasteiger partial charge < -0.3 is 5.32 Å². The van der Waals surface area contributed by atoms with E-state index in [0.29, 0.717) is 0 Å². The standard InChI is InChI=1S/C7H9BrN4O3/c1-9-4(13)3-12-7(15)11(2)6(14)5(8)10-12/h3H2,1-2H3,(H,9,13). The molecule has 0 spiro atoms. The van der Waals surface area contributed by atoms with Crippen LogP contribution in [0, 0.1) is 0 Å². The number of nitrogens with zero attached hydrogens (tertiary/aromatic N) is 3. The van der Waals surface area contributed by atoms with Crippen molar-refractivity contribution in [2.24, 2.45) is 7.05 Å². The van der Waals surface area contributed by atoms with E-state index in [1.165, 1.54) is 14.1 Å². The highest BCUT2D eigenvalue weighted by Gasteiger charge is 2.10. The van der Waals surface area contributed by atoms with Crippen LogP contribution in [-0.4, -0.2) is 27.3 Å². The number of rotatable bonds is 2. The number of halogens is 1. The van der Waals surface area contributed by atoms with E-state index >= 15 is 0 Å². The van der Waals surface area contributed by atoms with Crippen molar-refractivity contribution in [3.63, 3.8) is 0 Å². The van der Waals surface area contributed by atoms with Crippen LogP contribution in [0.5, 0.6) is 0 Å². The van der Waals surface area contributed by atoms with Gasteiger partial charge in [0.15, 0.2) is 4.60 Å². The highest BCUT2D eigenvalue weighted by molar-refractivity contribution is 9.10. The normalized spacial score (nSPS) is 10.1. The van der Waals surface area contributed by atoms with E-state index in [9.17, 15) is 14.4 Å². The van der Waals surface area contributed by atoms with Crippen LogP contribution >= 0.6 is 15.9 Å². The first-order chi connectivity index (χ1) is 6.97. The molecule has 1 heterocycles. The lowest BCUT2D eigenvalue weighted by Gasteiger charge is -2.05. The van der Waals surface area contributed by atoms with Gasteiger partial charge >= 0.3 is 5.69 Å². The Morgan fingerprint density at radius 3 is 2.67 bits per heavy atom. The van der Waals surface area contributed by atoms with Crippen molar-refractivity contribution >= 4 is 21.8 Å². The predicted molar refractivity (Wildman–Crippen MR) is 55.5 cm³/mol. The van der Waals surface area contributed by atoms with Gasteiger partial charge in [-0.25, -0.2) is 9.48 Å². The van der Waals surface area contributed by atoms with Crippen LogP contribution in [0.2, 0.25) is 0 Å². The van der Waals surface area contributed by atoms with Crippen LogP contribution in [0.1, 0.15) is 0 Å². The summed E-state index contributed by atoms with van der Waals surface area (Å²) in [5, 5.41) is 6.00. The van der Waals surface area contributed by atoms with Gasteiger partial charge in [0.25, 0.3) is 5.56 Å². The monoisotopic (exact) mass is 276 g/mol. The third-order valence-corrected chi connectivity index (χ3v) is 2.27. The predicted octanol–water partition coefficient (Wildman–Crippen LogP) is -1.55. The molecule has 7 nitrogen and oxygen atoms in total. The lowest BCUT2D eigenvalue weighted by Crippen LogP contribution is -2.42. The quantitative estimate of drug-likeness (QED) is 0.709. The molecule has 0 aliphatic heterocycles. The Bertz CT molecular complexity index is 504. The second-order valence-electron chi connectivity index (χ2n) is 2.77. The number of hydrogen-bond donors (Lipinski definition) is 1. The highest BCUT2D eigenvalue weighted by atomic mass is 79.9. The largest absolute Gasteiger partial charge is 0.358 e. The maximum atomic E-state index is 11.5. The molecule has 0 unspecified atom stereocenters. The first-order valence-electron chi connectivity index (χ1n) is 4.01. The van der Waals surface area contributed by atoms with E-state index in [4.69, 9.17) is 0 Å². The second kappa shape index (κ2) is 4.39. The molecule has 15 heavy (non-hydrogen) atoms. The molecule has 0 bridgehead atoms. The van der Waals surface area contributed by atoms with Crippen molar-refractivity contribution in [2.75, 3.05) is 7.05 Å². The first-order valence-corrected chi connectivity index (χ1v) is 4.81. The molecule has 1 amide bonds. The minimum absolute atomic E-state index is 0.00602. The fraction of sp³-hybridized carbons (Fsp3) is 0.429. The summed E-state index contributed by atoms with van der Waals surface area (Å²) in [6.45, 7) is -0.220. The minimum Gasteiger partial charge on any atom is -0.358 e. The van der Waals surface area contributed by atoms with Crippen molar-refractivity contribution in [1.82, 2.24) is 19.7 Å². The third kappa shape index (κ3) is 2.32. The number of hydrogen-bond acceptors (Lipinski definition) is 4. The molecular weight excluding hydrogens is 268 g/mol. The van der Waals surface area contributed by atoms with Crippen molar-refractivity contribution in [3.8, 4) is 0 Å². The molecule has 0 aliphatic carbocycles. The van der Waals surface area contributed by atoms with Crippen molar-refractivity contribution in [2.45, 2.75) is 6.54 Å². The molecule has 0 saturated carbocycles. The van der Waals surface area contributed by atoms with Crippen LogP contribution in [-0.2, 0) is 18.4 Å². The Labute approximate surface area is 92.8 Å². The number of carbonyl (C=O) groups is 1. The molecule has 1 aromatic rings. The van der Waals surface area contributed by atoms with Crippen LogP contribution in [0.3, 0.4) is 0 Å². The SMILES string of the molecule is CNC(=O)Cn1nc(Br)c(=O)n(C)c1=O. The number of nitrogens with one attached hydrogen (secondary N) is 1. The highest BCUT2D eigenvalue weighted by Crippen LogP contribution is 1.92.